The van der Waals surface area contributed by atoms with Gasteiger partial charge in [0.1, 0.15) is 24.7 Å². The minimum atomic E-state index is -0.987. The fourth-order valence-electron chi connectivity index (χ4n) is 9.80. The third-order valence-corrected chi connectivity index (χ3v) is 15.0. The zero-order valence-electron chi connectivity index (χ0n) is 41.9. The molecule has 1 saturated heterocycles. The maximum Gasteiger partial charge on any atom is 0.246 e. The van der Waals surface area contributed by atoms with Crippen LogP contribution in [0, 0.1) is 18.2 Å². The van der Waals surface area contributed by atoms with E-state index in [-0.39, 0.29) is 98.3 Å². The Morgan fingerprint density at radius 3 is 2.38 bits per heavy atom. The highest BCUT2D eigenvalue weighted by atomic mass is 35.5. The summed E-state index contributed by atoms with van der Waals surface area (Å²) in [5, 5.41) is 19.7. The fraction of sp³-hybridized carbons (Fsp3) is 0.491. The lowest BCUT2D eigenvalue weighted by Gasteiger charge is -2.35. The largest absolute Gasteiger partial charge is 0.488 e. The predicted molar refractivity (Wildman–Crippen MR) is 281 cm³/mol. The van der Waals surface area contributed by atoms with Gasteiger partial charge in [-0.3, -0.25) is 33.7 Å². The topological polar surface area (TPSA) is 239 Å². The summed E-state index contributed by atoms with van der Waals surface area (Å²) < 4.78 is 21.9. The highest BCUT2D eigenvalue weighted by Crippen LogP contribution is 2.39. The molecule has 3 aromatic carbocycles. The van der Waals surface area contributed by atoms with Gasteiger partial charge >= 0.3 is 0 Å². The average Bonchev–Trinajstić information content (AvgIpc) is 4.05. The van der Waals surface area contributed by atoms with Gasteiger partial charge in [0.25, 0.3) is 0 Å². The number of carbonyl (C=O) groups is 6. The number of nitrogens with two attached hydrogens (primary N) is 2. The van der Waals surface area contributed by atoms with Crippen LogP contribution in [-0.4, -0.2) is 99.9 Å². The maximum atomic E-state index is 16.0. The number of nitrogens with one attached hydrogen (secondary N) is 3. The molecule has 73 heavy (non-hydrogen) atoms. The quantitative estimate of drug-likeness (QED) is 0.0551. The number of likely N-dealkylation sites (tertiary alicyclic amines) is 1. The van der Waals surface area contributed by atoms with Gasteiger partial charge in [0.15, 0.2) is 11.6 Å². The smallest absolute Gasteiger partial charge is 0.246 e. The number of β-amino-alcohol motifs (C(OH)–C–C–N with tert-alkyl or cyclic N) is 1. The van der Waals surface area contributed by atoms with Crippen LogP contribution in [0.5, 0.6) is 5.75 Å². The van der Waals surface area contributed by atoms with Crippen molar-refractivity contribution in [3.8, 4) is 16.2 Å². The molecular formula is C53H67Cl2FN8O8S. The second kappa shape index (κ2) is 24.6. The lowest BCUT2D eigenvalue weighted by Crippen LogP contribution is -2.57. The van der Waals surface area contributed by atoms with E-state index in [1.807, 2.05) is 77.1 Å². The molecule has 0 saturated carbocycles. The van der Waals surface area contributed by atoms with E-state index >= 15 is 4.39 Å². The summed E-state index contributed by atoms with van der Waals surface area (Å²) in [5.41, 5.74) is 18.4. The van der Waals surface area contributed by atoms with Crippen LogP contribution >= 0.6 is 35.3 Å². The maximum absolute atomic E-state index is 16.0. The number of benzene rings is 3. The van der Waals surface area contributed by atoms with Crippen molar-refractivity contribution in [2.24, 2.45) is 16.9 Å². The van der Waals surface area contributed by atoms with Crippen molar-refractivity contribution in [3.05, 3.63) is 98.9 Å². The van der Waals surface area contributed by atoms with Crippen LogP contribution in [-0.2, 0) is 48.0 Å². The van der Waals surface area contributed by atoms with Crippen LogP contribution in [0.15, 0.2) is 60.1 Å². The summed E-state index contributed by atoms with van der Waals surface area (Å²) in [7, 11) is 0. The summed E-state index contributed by atoms with van der Waals surface area (Å²) in [6.07, 6.45) is 2.30. The lowest BCUT2D eigenvalue weighted by atomic mass is 9.85. The van der Waals surface area contributed by atoms with Gasteiger partial charge in [0.2, 0.25) is 35.4 Å². The Bertz CT molecular complexity index is 2670. The fourth-order valence-corrected chi connectivity index (χ4v) is 10.8. The Morgan fingerprint density at radius 2 is 1.70 bits per heavy atom. The van der Waals surface area contributed by atoms with Crippen molar-refractivity contribution in [2.75, 3.05) is 18.1 Å². The lowest BCUT2D eigenvalue weighted by molar-refractivity contribution is -0.144. The Hall–Kier alpha value is -5.66. The molecule has 16 nitrogen and oxygen atoms in total. The average molecular weight is 1070 g/mol. The van der Waals surface area contributed by atoms with Gasteiger partial charge in [0.05, 0.1) is 46.0 Å². The molecular weight excluding hydrogens is 999 g/mol. The number of amides is 6. The predicted octanol–water partition coefficient (Wildman–Crippen LogP) is 6.17. The van der Waals surface area contributed by atoms with Gasteiger partial charge in [-0.2, -0.15) is 0 Å². The van der Waals surface area contributed by atoms with E-state index in [0.717, 1.165) is 32.8 Å². The number of anilines is 1. The van der Waals surface area contributed by atoms with E-state index in [1.165, 1.54) is 21.9 Å². The number of rotatable bonds is 20. The van der Waals surface area contributed by atoms with Gasteiger partial charge in [-0.15, -0.1) is 23.7 Å². The van der Waals surface area contributed by atoms with Crippen LogP contribution < -0.4 is 37.1 Å². The molecule has 1 fully saturated rings. The molecule has 0 unspecified atom stereocenters. The Balaban J connectivity index is 0.00000869. The third-order valence-electron chi connectivity index (χ3n) is 13.8. The zero-order chi connectivity index (χ0) is 52.0. The Labute approximate surface area is 440 Å². The third kappa shape index (κ3) is 13.7. The van der Waals surface area contributed by atoms with E-state index < -0.39 is 71.2 Å². The molecule has 6 amide bonds. The van der Waals surface area contributed by atoms with Crippen LogP contribution in [0.3, 0.4) is 0 Å². The van der Waals surface area contributed by atoms with Crippen LogP contribution in [0.25, 0.3) is 10.4 Å². The van der Waals surface area contributed by atoms with Crippen molar-refractivity contribution < 1.29 is 43.0 Å². The molecule has 20 heteroatoms. The number of aromatic nitrogens is 1. The molecule has 3 aliphatic rings. The molecule has 7 rings (SSSR count). The number of halogens is 3. The normalized spacial score (nSPS) is 19.5. The second-order valence-electron chi connectivity index (χ2n) is 20.3. The highest BCUT2D eigenvalue weighted by molar-refractivity contribution is 7.13. The molecule has 3 aliphatic heterocycles. The van der Waals surface area contributed by atoms with E-state index in [0.29, 0.717) is 37.8 Å². The number of thiazole rings is 1. The van der Waals surface area contributed by atoms with Crippen molar-refractivity contribution >= 4 is 76.5 Å². The van der Waals surface area contributed by atoms with E-state index in [9.17, 15) is 33.9 Å². The SMILES string of the molecule is Cc1ncsc1-c1ccc([C@H](C)NC(=O)[C@@H]2C[C@@H](O)CN2C(=O)[C@@H](NC(=O)CCCCCc2cc(Cl)cc(OC[C@H](CCC(N)=O)NC(=O)[C@@H]3Cc4cccc5c4N3C(=O)[C@@H](N)CC5)c2F)C(C)(C)C)cc1.Cl. The summed E-state index contributed by atoms with van der Waals surface area (Å²) >= 11 is 8.00. The molecule has 4 heterocycles. The first-order valence-corrected chi connectivity index (χ1v) is 25.9. The van der Waals surface area contributed by atoms with Gasteiger partial charge in [-0.25, -0.2) is 9.37 Å². The van der Waals surface area contributed by atoms with Gasteiger partial charge in [-0.05, 0) is 91.7 Å². The summed E-state index contributed by atoms with van der Waals surface area (Å²) in [4.78, 5) is 88.7. The minimum absolute atomic E-state index is 0. The first kappa shape index (κ1) is 56.6. The number of nitrogens with zero attached hydrogens (tertiary/aromatic N) is 3. The Kier molecular flexibility index (Phi) is 19.1. The Morgan fingerprint density at radius 1 is 0.986 bits per heavy atom. The van der Waals surface area contributed by atoms with Gasteiger partial charge in [-0.1, -0.05) is 81.3 Å². The van der Waals surface area contributed by atoms with E-state index in [1.54, 1.807) is 16.8 Å². The van der Waals surface area contributed by atoms with Crippen LogP contribution in [0.4, 0.5) is 10.1 Å². The minimum Gasteiger partial charge on any atom is -0.488 e. The second-order valence-corrected chi connectivity index (χ2v) is 21.6. The molecule has 8 N–H and O–H groups in total. The molecule has 0 radical (unpaired) electrons. The first-order valence-electron chi connectivity index (χ1n) is 24.7. The number of hydrogen-bond donors (Lipinski definition) is 6. The molecule has 1 aromatic heterocycles. The summed E-state index contributed by atoms with van der Waals surface area (Å²) in [5.74, 6) is -3.41. The highest BCUT2D eigenvalue weighted by Gasteiger charge is 2.46. The van der Waals surface area contributed by atoms with Crippen molar-refractivity contribution in [1.82, 2.24) is 25.8 Å². The molecule has 4 aromatic rings. The number of aliphatic hydroxyl groups is 1. The van der Waals surface area contributed by atoms with Gasteiger partial charge in [0, 0.05) is 43.3 Å². The molecule has 394 valence electrons. The van der Waals surface area contributed by atoms with Crippen molar-refractivity contribution in [1.29, 1.82) is 0 Å². The molecule has 7 atom stereocenters. The standard InChI is InChI=1S/C53H66ClFN8O8S.ClH/c1-29(31-14-16-33(17-15-31)47-30(2)58-28-72-47)59-49(67)40-25-38(64)26-62(40)52(70)48(53(3,4)5)61-44(66)13-8-6-7-10-34-22-36(54)24-42(45(34)55)71-27-37(19-21-43(57)65)60-50(68)41-23-35-12-9-11-32-18-20-39(56)51(69)63(41)46(32)35;/h9,11-12,14-17,22,24,28-29,37-41,48,64H,6-8,10,13,18-21,23,25-27,56H2,1-5H3,(H2,57,65)(H,59,67)(H,60,68)(H,61,66);1H/t29-,37-,38+,39-,40-,41-,48+;/m0./s1. The summed E-state index contributed by atoms with van der Waals surface area (Å²) in [6, 6.07) is 11.7. The first-order chi connectivity index (χ1) is 34.2. The number of carbonyl (C=O) groups excluding carboxylic acids is 6. The number of aryl methyl sites for hydroxylation is 3. The number of hydrogen-bond acceptors (Lipinski definition) is 11. The molecule has 0 aliphatic carbocycles. The van der Waals surface area contributed by atoms with E-state index in [2.05, 4.69) is 20.9 Å². The number of para-hydroxylation sites is 1. The van der Waals surface area contributed by atoms with Crippen molar-refractivity contribution in [3.63, 3.8) is 0 Å². The van der Waals surface area contributed by atoms with Crippen LogP contribution in [0.2, 0.25) is 5.02 Å². The number of aliphatic hydroxyl groups excluding tert-OH is 1. The number of ether oxygens (including phenoxy) is 1. The van der Waals surface area contributed by atoms with E-state index in [4.69, 9.17) is 27.8 Å². The monoisotopic (exact) mass is 1060 g/mol. The summed E-state index contributed by atoms with van der Waals surface area (Å²) in [6.45, 7) is 9.01. The number of unbranched alkanes of at least 4 members (excludes halogenated alkanes) is 2. The van der Waals surface area contributed by atoms with Crippen molar-refractivity contribution in [2.45, 2.75) is 148 Å². The van der Waals surface area contributed by atoms with Gasteiger partial charge < -0.3 is 42.2 Å². The van der Waals surface area contributed by atoms with Crippen LogP contribution in [0.1, 0.15) is 113 Å². The molecule has 0 bridgehead atoms. The zero-order valence-corrected chi connectivity index (χ0v) is 44.3. The number of primary amides is 1. The molecule has 0 spiro atoms.